The normalized spacial score (nSPS) is 20.1. The van der Waals surface area contributed by atoms with Gasteiger partial charge in [-0.05, 0) is 24.6 Å². The topological polar surface area (TPSA) is 93.1 Å². The number of thioether (sulfide) groups is 1. The molecule has 1 fully saturated rings. The van der Waals surface area contributed by atoms with E-state index in [-0.39, 0.29) is 11.7 Å². The first-order chi connectivity index (χ1) is 10.3. The van der Waals surface area contributed by atoms with Crippen molar-refractivity contribution in [3.8, 4) is 11.5 Å². The van der Waals surface area contributed by atoms with Crippen molar-refractivity contribution in [2.24, 2.45) is 0 Å². The fourth-order valence-electron chi connectivity index (χ4n) is 2.32. The Labute approximate surface area is 133 Å². The maximum absolute atomic E-state index is 12.0. The van der Waals surface area contributed by atoms with Gasteiger partial charge in [-0.1, -0.05) is 6.07 Å². The van der Waals surface area contributed by atoms with Crippen LogP contribution in [0.3, 0.4) is 0 Å². The highest BCUT2D eigenvalue weighted by molar-refractivity contribution is 8.12. The van der Waals surface area contributed by atoms with Gasteiger partial charge in [0, 0.05) is 0 Å². The van der Waals surface area contributed by atoms with Crippen LogP contribution in [0.25, 0.3) is 0 Å². The Kier molecular flexibility index (Phi) is 4.88. The molecule has 1 amide bonds. The molecule has 1 N–H and O–H groups in total. The summed E-state index contributed by atoms with van der Waals surface area (Å²) in [6, 6.07) is 4.56. The second-order valence-electron chi connectivity index (χ2n) is 4.72. The Bertz CT molecular complexity index is 675. The van der Waals surface area contributed by atoms with E-state index in [0.29, 0.717) is 17.1 Å². The third-order valence-electron chi connectivity index (χ3n) is 3.43. The molecule has 0 aliphatic carbocycles. The maximum atomic E-state index is 12.0. The van der Waals surface area contributed by atoms with Gasteiger partial charge in [0.1, 0.15) is 0 Å². The highest BCUT2D eigenvalue weighted by atomic mass is 32.3. The molecule has 2 atom stereocenters. The molecule has 2 rings (SSSR count). The number of ether oxygens (including phenoxy) is 2. The van der Waals surface area contributed by atoms with Gasteiger partial charge in [0.05, 0.1) is 26.0 Å². The number of carbonyl (C=O) groups excluding carboxylic acids is 1. The number of hydrogen-bond acceptors (Lipinski definition) is 6. The molecule has 1 aliphatic heterocycles. The van der Waals surface area contributed by atoms with Gasteiger partial charge in [-0.15, -0.1) is 11.8 Å². The molecule has 0 aromatic heterocycles. The second kappa shape index (κ2) is 6.35. The predicted octanol–water partition coefficient (Wildman–Crippen LogP) is 1.51. The second-order valence-corrected chi connectivity index (χ2v) is 7.57. The van der Waals surface area contributed by atoms with Crippen molar-refractivity contribution < 1.29 is 27.2 Å². The molecule has 0 saturated carbocycles. The number of nitrogens with zero attached hydrogens (tertiary/aromatic N) is 1. The van der Waals surface area contributed by atoms with E-state index in [0.717, 1.165) is 11.8 Å². The molecule has 2 unspecified atom stereocenters. The van der Waals surface area contributed by atoms with E-state index in [2.05, 4.69) is 0 Å². The number of amides is 1. The molecule has 1 saturated heterocycles. The van der Waals surface area contributed by atoms with E-state index in [1.54, 1.807) is 25.1 Å². The van der Waals surface area contributed by atoms with Gasteiger partial charge in [0.25, 0.3) is 10.1 Å². The lowest BCUT2D eigenvalue weighted by Crippen LogP contribution is -2.39. The zero-order valence-electron chi connectivity index (χ0n) is 12.3. The van der Waals surface area contributed by atoms with Crippen LogP contribution in [0.15, 0.2) is 18.2 Å². The molecule has 0 spiro atoms. The van der Waals surface area contributed by atoms with E-state index in [1.165, 1.54) is 19.1 Å². The summed E-state index contributed by atoms with van der Waals surface area (Å²) >= 11 is 0.889. The lowest BCUT2D eigenvalue weighted by molar-refractivity contribution is -0.129. The third-order valence-corrected chi connectivity index (χ3v) is 6.23. The van der Waals surface area contributed by atoms with Crippen molar-refractivity contribution in [1.29, 1.82) is 0 Å². The van der Waals surface area contributed by atoms with Crippen LogP contribution in [-0.4, -0.2) is 48.5 Å². The molecule has 1 heterocycles. The highest BCUT2D eigenvalue weighted by Crippen LogP contribution is 2.38. The van der Waals surface area contributed by atoms with Gasteiger partial charge in [-0.3, -0.25) is 9.35 Å². The monoisotopic (exact) mass is 347 g/mol. The molecule has 122 valence electrons. The Morgan fingerprint density at radius 2 is 1.95 bits per heavy atom. The summed E-state index contributed by atoms with van der Waals surface area (Å²) in [7, 11) is -1.35. The Morgan fingerprint density at radius 3 is 2.50 bits per heavy atom. The summed E-state index contributed by atoms with van der Waals surface area (Å²) in [6.45, 7) is 1.70. The molecule has 7 nitrogen and oxygen atoms in total. The fourth-order valence-corrected chi connectivity index (χ4v) is 4.69. The van der Waals surface area contributed by atoms with Crippen LogP contribution in [0.4, 0.5) is 0 Å². The van der Waals surface area contributed by atoms with Crippen molar-refractivity contribution in [2.45, 2.75) is 17.7 Å². The van der Waals surface area contributed by atoms with E-state index >= 15 is 0 Å². The molecule has 9 heteroatoms. The van der Waals surface area contributed by atoms with Crippen LogP contribution in [0.1, 0.15) is 18.5 Å². The Hall–Kier alpha value is -1.45. The number of rotatable bonds is 5. The number of carbonyl (C=O) groups is 1. The predicted molar refractivity (Wildman–Crippen MR) is 82.6 cm³/mol. The molecule has 0 radical (unpaired) electrons. The summed E-state index contributed by atoms with van der Waals surface area (Å²) in [5.41, 5.74) is 0.683. The molecule has 0 bridgehead atoms. The van der Waals surface area contributed by atoms with Crippen LogP contribution in [0.2, 0.25) is 0 Å². The van der Waals surface area contributed by atoms with Crippen LogP contribution in [-0.2, 0) is 14.9 Å². The highest BCUT2D eigenvalue weighted by Gasteiger charge is 2.43. The van der Waals surface area contributed by atoms with Gasteiger partial charge in [-0.2, -0.15) is 8.42 Å². The quantitative estimate of drug-likeness (QED) is 0.807. The number of methoxy groups -OCH3 is 2. The first kappa shape index (κ1) is 16.9. The first-order valence-electron chi connectivity index (χ1n) is 6.40. The summed E-state index contributed by atoms with van der Waals surface area (Å²) in [4.78, 5) is 13.2. The van der Waals surface area contributed by atoms with Crippen molar-refractivity contribution in [3.05, 3.63) is 23.8 Å². The number of hydrogen-bond donors (Lipinski definition) is 1. The minimum absolute atomic E-state index is 0.0160. The minimum atomic E-state index is -4.35. The van der Waals surface area contributed by atoms with Gasteiger partial charge in [0.15, 0.2) is 11.5 Å². The fraction of sp³-hybridized carbons (Fsp3) is 0.462. The molecular weight excluding hydrogens is 330 g/mol. The van der Waals surface area contributed by atoms with Gasteiger partial charge in [0.2, 0.25) is 10.6 Å². The average molecular weight is 347 g/mol. The van der Waals surface area contributed by atoms with E-state index in [4.69, 9.17) is 9.47 Å². The van der Waals surface area contributed by atoms with Crippen LogP contribution in [0.5, 0.6) is 11.5 Å². The molecular formula is C13H17NO6S2. The van der Waals surface area contributed by atoms with E-state index < -0.39 is 20.9 Å². The zero-order chi connectivity index (χ0) is 16.5. The first-order valence-corrected chi connectivity index (χ1v) is 8.95. The van der Waals surface area contributed by atoms with E-state index in [9.17, 15) is 17.8 Å². The summed E-state index contributed by atoms with van der Waals surface area (Å²) in [5, 5.41) is 0. The summed E-state index contributed by atoms with van der Waals surface area (Å²) in [6.07, 6.45) is 0. The minimum Gasteiger partial charge on any atom is -0.493 e. The third kappa shape index (κ3) is 3.16. The van der Waals surface area contributed by atoms with E-state index in [1.807, 2.05) is 0 Å². The zero-order valence-corrected chi connectivity index (χ0v) is 14.0. The van der Waals surface area contributed by atoms with Gasteiger partial charge < -0.3 is 14.4 Å². The lowest BCUT2D eigenvalue weighted by atomic mass is 10.1. The van der Waals surface area contributed by atoms with Crippen molar-refractivity contribution in [3.63, 3.8) is 0 Å². The number of benzene rings is 1. The Balaban J connectivity index is 2.38. The summed E-state index contributed by atoms with van der Waals surface area (Å²) < 4.78 is 41.3. The van der Waals surface area contributed by atoms with Crippen LogP contribution < -0.4 is 9.47 Å². The SMILES string of the molecule is COc1ccc(C(C)N2C(=O)CSC2S(=O)(=O)O)cc1OC. The molecule has 1 aliphatic rings. The van der Waals surface area contributed by atoms with Gasteiger partial charge >= 0.3 is 0 Å². The van der Waals surface area contributed by atoms with Crippen molar-refractivity contribution >= 4 is 27.8 Å². The lowest BCUT2D eigenvalue weighted by Gasteiger charge is -2.29. The molecule has 22 heavy (non-hydrogen) atoms. The molecule has 1 aromatic rings. The van der Waals surface area contributed by atoms with Crippen molar-refractivity contribution in [2.75, 3.05) is 20.0 Å². The maximum Gasteiger partial charge on any atom is 0.296 e. The largest absolute Gasteiger partial charge is 0.493 e. The Morgan fingerprint density at radius 1 is 1.32 bits per heavy atom. The van der Waals surface area contributed by atoms with Crippen LogP contribution >= 0.6 is 11.8 Å². The standard InChI is InChI=1S/C13H17NO6S2/c1-8(9-4-5-10(19-2)11(6-9)20-3)14-12(15)7-21-13(14)22(16,17)18/h4-6,8,13H,7H2,1-3H3,(H,16,17,18). The summed E-state index contributed by atoms with van der Waals surface area (Å²) in [5.74, 6) is 0.693. The van der Waals surface area contributed by atoms with Gasteiger partial charge in [-0.25, -0.2) is 0 Å². The smallest absolute Gasteiger partial charge is 0.296 e. The van der Waals surface area contributed by atoms with Crippen molar-refractivity contribution in [1.82, 2.24) is 4.90 Å². The molecule has 1 aromatic carbocycles. The van der Waals surface area contributed by atoms with Crippen LogP contribution in [0, 0.1) is 0 Å². The average Bonchev–Trinajstić information content (AvgIpc) is 2.87.